The lowest BCUT2D eigenvalue weighted by Crippen LogP contribution is -2.47. The molecule has 1 N–H and O–H groups in total. The Morgan fingerprint density at radius 2 is 2.00 bits per heavy atom. The minimum Gasteiger partial charge on any atom is -0.493 e. The van der Waals surface area contributed by atoms with Crippen LogP contribution in [0.1, 0.15) is 25.8 Å². The van der Waals surface area contributed by atoms with E-state index in [1.54, 1.807) is 43.4 Å². The van der Waals surface area contributed by atoms with Crippen LogP contribution in [0.15, 0.2) is 36.9 Å². The first-order valence-electron chi connectivity index (χ1n) is 9.06. The maximum absolute atomic E-state index is 12.8. The van der Waals surface area contributed by atoms with Crippen molar-refractivity contribution in [3.05, 3.63) is 42.5 Å². The Bertz CT molecular complexity index is 740. The minimum atomic E-state index is -0.672. The smallest absolute Gasteiger partial charge is 0.247 e. The maximum atomic E-state index is 12.8. The molecule has 6 nitrogen and oxygen atoms in total. The van der Waals surface area contributed by atoms with Crippen LogP contribution in [0.2, 0.25) is 0 Å². The van der Waals surface area contributed by atoms with Crippen LogP contribution in [-0.4, -0.2) is 50.1 Å². The number of nitrogens with one attached hydrogen (secondary N) is 1. The summed E-state index contributed by atoms with van der Waals surface area (Å²) in [6, 6.07) is 4.72. The molecule has 0 bridgehead atoms. The van der Waals surface area contributed by atoms with E-state index in [2.05, 4.69) is 25.7 Å². The number of nitrogens with zero attached hydrogens (tertiary/aromatic N) is 1. The monoisotopic (exact) mass is 372 g/mol. The predicted octanol–water partition coefficient (Wildman–Crippen LogP) is 2.65. The third-order valence-electron chi connectivity index (χ3n) is 4.50. The molecule has 1 aromatic rings. The highest BCUT2D eigenvalue weighted by molar-refractivity contribution is 6.11. The Morgan fingerprint density at radius 1 is 1.30 bits per heavy atom. The number of rotatable bonds is 9. The Morgan fingerprint density at radius 3 is 2.59 bits per heavy atom. The van der Waals surface area contributed by atoms with Gasteiger partial charge in [0.05, 0.1) is 14.2 Å². The van der Waals surface area contributed by atoms with Crippen LogP contribution in [0.3, 0.4) is 0 Å². The van der Waals surface area contributed by atoms with Gasteiger partial charge in [-0.05, 0) is 35.6 Å². The lowest BCUT2D eigenvalue weighted by atomic mass is 9.98. The number of ether oxygens (including phenoxy) is 2. The second-order valence-corrected chi connectivity index (χ2v) is 6.82. The molecule has 146 valence electrons. The van der Waals surface area contributed by atoms with Crippen LogP contribution in [0.5, 0.6) is 11.5 Å². The normalized spacial score (nSPS) is 16.3. The highest BCUT2D eigenvalue weighted by Gasteiger charge is 2.38. The van der Waals surface area contributed by atoms with Gasteiger partial charge in [-0.25, -0.2) is 0 Å². The number of methoxy groups -OCH3 is 2. The molecular weight excluding hydrogens is 344 g/mol. The standard InChI is InChI=1S/C21H28N2O4/c1-6-10-22-21(25)20-16(13-19(24)23(20)11-9-14(2)3)15-7-8-17(26-4)18(12-15)27-5/h6-8,12-14,20H,1,9-11H2,2-5H3,(H,22,25). The van der Waals surface area contributed by atoms with E-state index in [-0.39, 0.29) is 11.8 Å². The summed E-state index contributed by atoms with van der Waals surface area (Å²) in [6.07, 6.45) is 3.98. The third kappa shape index (κ3) is 4.70. The predicted molar refractivity (Wildman–Crippen MR) is 106 cm³/mol. The molecule has 0 spiro atoms. The van der Waals surface area contributed by atoms with Crippen molar-refractivity contribution < 1.29 is 19.1 Å². The van der Waals surface area contributed by atoms with E-state index in [0.29, 0.717) is 36.1 Å². The van der Waals surface area contributed by atoms with Gasteiger partial charge in [0.2, 0.25) is 11.8 Å². The van der Waals surface area contributed by atoms with E-state index in [9.17, 15) is 9.59 Å². The molecule has 2 rings (SSSR count). The topological polar surface area (TPSA) is 67.9 Å². The number of carbonyl (C=O) groups is 2. The third-order valence-corrected chi connectivity index (χ3v) is 4.50. The van der Waals surface area contributed by atoms with Gasteiger partial charge in [0.25, 0.3) is 0 Å². The largest absolute Gasteiger partial charge is 0.493 e. The molecule has 1 aliphatic rings. The van der Waals surface area contributed by atoms with Crippen LogP contribution in [0.25, 0.3) is 5.57 Å². The Kier molecular flexibility index (Phi) is 7.05. The molecule has 1 aromatic carbocycles. The summed E-state index contributed by atoms with van der Waals surface area (Å²) in [5.74, 6) is 1.20. The average Bonchev–Trinajstić information content (AvgIpc) is 3.00. The minimum absolute atomic E-state index is 0.154. The second-order valence-electron chi connectivity index (χ2n) is 6.82. The molecule has 1 unspecified atom stereocenters. The highest BCUT2D eigenvalue weighted by Crippen LogP contribution is 2.35. The summed E-state index contributed by atoms with van der Waals surface area (Å²) in [6.45, 7) is 8.69. The molecule has 1 atom stereocenters. The van der Waals surface area contributed by atoms with Crippen LogP contribution >= 0.6 is 0 Å². The van der Waals surface area contributed by atoms with Crippen LogP contribution in [0.4, 0.5) is 0 Å². The Balaban J connectivity index is 2.39. The molecule has 6 heteroatoms. The molecule has 2 amide bonds. The van der Waals surface area contributed by atoms with Crippen LogP contribution in [-0.2, 0) is 9.59 Å². The van der Waals surface area contributed by atoms with Crippen molar-refractivity contribution >= 4 is 17.4 Å². The number of amides is 2. The lowest BCUT2D eigenvalue weighted by molar-refractivity contribution is -0.133. The zero-order chi connectivity index (χ0) is 20.0. The van der Waals surface area contributed by atoms with Crippen LogP contribution < -0.4 is 14.8 Å². The van der Waals surface area contributed by atoms with Gasteiger partial charge in [-0.2, -0.15) is 0 Å². The molecule has 1 aliphatic heterocycles. The quantitative estimate of drug-likeness (QED) is 0.677. The van der Waals surface area contributed by atoms with E-state index in [1.165, 1.54) is 0 Å². The molecule has 0 radical (unpaired) electrons. The second kappa shape index (κ2) is 9.26. The summed E-state index contributed by atoms with van der Waals surface area (Å²) in [7, 11) is 3.12. The number of carbonyl (C=O) groups excluding carboxylic acids is 2. The van der Waals surface area contributed by atoms with Gasteiger partial charge in [-0.3, -0.25) is 9.59 Å². The molecule has 0 aromatic heterocycles. The fourth-order valence-corrected chi connectivity index (χ4v) is 3.04. The zero-order valence-corrected chi connectivity index (χ0v) is 16.5. The first-order valence-corrected chi connectivity index (χ1v) is 9.06. The highest BCUT2D eigenvalue weighted by atomic mass is 16.5. The van der Waals surface area contributed by atoms with Gasteiger partial charge in [0, 0.05) is 19.2 Å². The summed E-state index contributed by atoms with van der Waals surface area (Å²) in [4.78, 5) is 27.1. The van der Waals surface area contributed by atoms with Gasteiger partial charge >= 0.3 is 0 Å². The fraction of sp³-hybridized carbons (Fsp3) is 0.429. The molecule has 0 fully saturated rings. The first-order chi connectivity index (χ1) is 12.9. The summed E-state index contributed by atoms with van der Waals surface area (Å²) < 4.78 is 10.6. The van der Waals surface area contributed by atoms with Crippen molar-refractivity contribution in [1.29, 1.82) is 0 Å². The van der Waals surface area contributed by atoms with Crippen molar-refractivity contribution in [3.8, 4) is 11.5 Å². The SMILES string of the molecule is C=CCNC(=O)C1C(c2ccc(OC)c(OC)c2)=CC(=O)N1CCC(C)C. The van der Waals surface area contributed by atoms with Gasteiger partial charge in [0.15, 0.2) is 11.5 Å². The summed E-state index contributed by atoms with van der Waals surface area (Å²) in [5.41, 5.74) is 1.41. The molecule has 1 heterocycles. The fourth-order valence-electron chi connectivity index (χ4n) is 3.04. The molecule has 0 saturated carbocycles. The molecule has 0 aliphatic carbocycles. The number of benzene rings is 1. The van der Waals surface area contributed by atoms with Gasteiger partial charge in [-0.1, -0.05) is 26.0 Å². The van der Waals surface area contributed by atoms with Gasteiger partial charge in [0.1, 0.15) is 6.04 Å². The van der Waals surface area contributed by atoms with Crippen molar-refractivity contribution in [1.82, 2.24) is 10.2 Å². The maximum Gasteiger partial charge on any atom is 0.247 e. The van der Waals surface area contributed by atoms with Crippen molar-refractivity contribution in [2.24, 2.45) is 5.92 Å². The van der Waals surface area contributed by atoms with E-state index < -0.39 is 6.04 Å². The molecule has 0 saturated heterocycles. The Labute approximate surface area is 160 Å². The number of hydrogen-bond acceptors (Lipinski definition) is 4. The molecule has 27 heavy (non-hydrogen) atoms. The molecular formula is C21H28N2O4. The number of hydrogen-bond donors (Lipinski definition) is 1. The average molecular weight is 372 g/mol. The lowest BCUT2D eigenvalue weighted by Gasteiger charge is -2.27. The van der Waals surface area contributed by atoms with Crippen molar-refractivity contribution in [2.45, 2.75) is 26.3 Å². The van der Waals surface area contributed by atoms with Crippen LogP contribution in [0, 0.1) is 5.92 Å². The van der Waals surface area contributed by atoms with Gasteiger partial charge < -0.3 is 19.7 Å². The van der Waals surface area contributed by atoms with E-state index in [4.69, 9.17) is 9.47 Å². The zero-order valence-electron chi connectivity index (χ0n) is 16.5. The van der Waals surface area contributed by atoms with E-state index in [1.807, 2.05) is 6.07 Å². The summed E-state index contributed by atoms with van der Waals surface area (Å²) in [5, 5.41) is 2.82. The van der Waals surface area contributed by atoms with Gasteiger partial charge in [-0.15, -0.1) is 6.58 Å². The van der Waals surface area contributed by atoms with Crippen molar-refractivity contribution in [3.63, 3.8) is 0 Å². The Hall–Kier alpha value is -2.76. The van der Waals surface area contributed by atoms with E-state index >= 15 is 0 Å². The van der Waals surface area contributed by atoms with Crippen molar-refractivity contribution in [2.75, 3.05) is 27.3 Å². The summed E-state index contributed by atoms with van der Waals surface area (Å²) >= 11 is 0. The first kappa shape index (κ1) is 20.6. The van der Waals surface area contributed by atoms with E-state index in [0.717, 1.165) is 12.0 Å².